The number of hydrogen-bond acceptors (Lipinski definition) is 5. The summed E-state index contributed by atoms with van der Waals surface area (Å²) in [5.41, 5.74) is -5.14. The third-order valence-electron chi connectivity index (χ3n) is 6.70. The van der Waals surface area contributed by atoms with Crippen LogP contribution in [0.5, 0.6) is 0 Å². The number of anilines is 1. The molecule has 3 heterocycles. The molecular weight excluding hydrogens is 391 g/mol. The quantitative estimate of drug-likeness (QED) is 0.757. The van der Waals surface area contributed by atoms with Crippen LogP contribution in [0.2, 0.25) is 0 Å². The van der Waals surface area contributed by atoms with Gasteiger partial charge in [0.05, 0.1) is 10.6 Å². The van der Waals surface area contributed by atoms with Gasteiger partial charge in [0.2, 0.25) is 0 Å². The van der Waals surface area contributed by atoms with E-state index in [0.717, 1.165) is 32.0 Å². The van der Waals surface area contributed by atoms with Crippen LogP contribution < -0.4 is 4.90 Å². The molecule has 4 rings (SSSR count). The van der Waals surface area contributed by atoms with Gasteiger partial charge in [0.25, 0.3) is 9.84 Å². The molecule has 9 heteroatoms. The third kappa shape index (κ3) is 3.41. The monoisotopic (exact) mass is 417 g/mol. The number of benzene rings is 1. The molecule has 3 aliphatic heterocycles. The number of alkyl halides is 3. The van der Waals surface area contributed by atoms with Gasteiger partial charge in [-0.1, -0.05) is 12.1 Å². The number of hydrogen-bond donors (Lipinski definition) is 0. The lowest BCUT2D eigenvalue weighted by atomic mass is 9.96. The fourth-order valence-electron chi connectivity index (χ4n) is 5.08. The maximum Gasteiger partial charge on any atom is 0.501 e. The van der Waals surface area contributed by atoms with Gasteiger partial charge >= 0.3 is 5.51 Å². The van der Waals surface area contributed by atoms with Crippen molar-refractivity contribution in [3.63, 3.8) is 0 Å². The Labute approximate surface area is 164 Å². The van der Waals surface area contributed by atoms with E-state index < -0.39 is 20.2 Å². The molecule has 0 aromatic heterocycles. The molecule has 0 N–H and O–H groups in total. The lowest BCUT2D eigenvalue weighted by Gasteiger charge is -2.45. The SMILES string of the molecule is CN1[C@@H]2CC[C@H]1CC(N1CCN(c3ccccc3S(=O)(=O)C(F)(F)F)CC1)C2. The molecule has 3 atom stereocenters. The number of piperazine rings is 1. The van der Waals surface area contributed by atoms with Crippen molar-refractivity contribution in [1.29, 1.82) is 0 Å². The van der Waals surface area contributed by atoms with E-state index >= 15 is 0 Å². The minimum atomic E-state index is -5.36. The number of para-hydroxylation sites is 1. The Balaban J connectivity index is 1.47. The van der Waals surface area contributed by atoms with Gasteiger partial charge in [-0.25, -0.2) is 8.42 Å². The highest BCUT2D eigenvalue weighted by Gasteiger charge is 2.48. The fraction of sp³-hybridized carbons (Fsp3) is 0.684. The van der Waals surface area contributed by atoms with Crippen LogP contribution in [0.1, 0.15) is 25.7 Å². The molecule has 3 saturated heterocycles. The molecule has 1 aromatic rings. The molecule has 5 nitrogen and oxygen atoms in total. The molecule has 3 aliphatic rings. The first-order chi connectivity index (χ1) is 13.2. The van der Waals surface area contributed by atoms with E-state index in [2.05, 4.69) is 16.8 Å². The van der Waals surface area contributed by atoms with Crippen molar-refractivity contribution in [3.8, 4) is 0 Å². The van der Waals surface area contributed by atoms with Crippen LogP contribution in [0.15, 0.2) is 29.2 Å². The van der Waals surface area contributed by atoms with Crippen molar-refractivity contribution in [2.24, 2.45) is 0 Å². The average Bonchev–Trinajstić information content (AvgIpc) is 2.88. The van der Waals surface area contributed by atoms with Gasteiger partial charge < -0.3 is 9.80 Å². The second-order valence-corrected chi connectivity index (χ2v) is 10.0. The van der Waals surface area contributed by atoms with Crippen LogP contribution in [0.4, 0.5) is 18.9 Å². The summed E-state index contributed by atoms with van der Waals surface area (Å²) >= 11 is 0. The summed E-state index contributed by atoms with van der Waals surface area (Å²) in [6, 6.07) is 7.26. The molecule has 0 saturated carbocycles. The first-order valence-corrected chi connectivity index (χ1v) is 11.3. The number of fused-ring (bicyclic) bond motifs is 2. The van der Waals surface area contributed by atoms with Crippen LogP contribution in [-0.2, 0) is 9.84 Å². The van der Waals surface area contributed by atoms with Crippen molar-refractivity contribution in [3.05, 3.63) is 24.3 Å². The van der Waals surface area contributed by atoms with E-state index in [-0.39, 0.29) is 5.69 Å². The minimum Gasteiger partial charge on any atom is -0.368 e. The molecule has 28 heavy (non-hydrogen) atoms. The summed E-state index contributed by atoms with van der Waals surface area (Å²) in [5.74, 6) is 0. The van der Waals surface area contributed by atoms with E-state index in [0.29, 0.717) is 31.2 Å². The van der Waals surface area contributed by atoms with E-state index in [1.807, 2.05) is 0 Å². The molecule has 0 aliphatic carbocycles. The van der Waals surface area contributed by atoms with Gasteiger partial charge in [-0.2, -0.15) is 13.2 Å². The summed E-state index contributed by atoms with van der Waals surface area (Å²) in [6.07, 6.45) is 4.79. The van der Waals surface area contributed by atoms with Gasteiger partial charge in [-0.3, -0.25) is 4.90 Å². The molecular formula is C19H26F3N3O2S. The maximum absolute atomic E-state index is 13.1. The lowest BCUT2D eigenvalue weighted by molar-refractivity contribution is -0.0435. The molecule has 156 valence electrons. The number of nitrogens with zero attached hydrogens (tertiary/aromatic N) is 3. The lowest BCUT2D eigenvalue weighted by Crippen LogP contribution is -2.55. The smallest absolute Gasteiger partial charge is 0.368 e. The van der Waals surface area contributed by atoms with Crippen molar-refractivity contribution in [2.75, 3.05) is 38.1 Å². The van der Waals surface area contributed by atoms with Gasteiger partial charge in [0.15, 0.2) is 0 Å². The summed E-state index contributed by atoms with van der Waals surface area (Å²) in [5, 5.41) is 0. The Morgan fingerprint density at radius 3 is 2.07 bits per heavy atom. The molecule has 1 unspecified atom stereocenters. The number of rotatable bonds is 3. The summed E-state index contributed by atoms with van der Waals surface area (Å²) in [7, 11) is -3.16. The van der Waals surface area contributed by atoms with Crippen LogP contribution in [0.3, 0.4) is 0 Å². The Morgan fingerprint density at radius 2 is 1.50 bits per heavy atom. The second kappa shape index (κ2) is 7.18. The summed E-state index contributed by atoms with van der Waals surface area (Å²) < 4.78 is 63.1. The van der Waals surface area contributed by atoms with Crippen molar-refractivity contribution in [1.82, 2.24) is 9.80 Å². The highest BCUT2D eigenvalue weighted by atomic mass is 32.2. The highest BCUT2D eigenvalue weighted by molar-refractivity contribution is 7.92. The van der Waals surface area contributed by atoms with Gasteiger partial charge in [0, 0.05) is 44.3 Å². The molecule has 0 radical (unpaired) electrons. The number of sulfone groups is 1. The van der Waals surface area contributed by atoms with Crippen LogP contribution >= 0.6 is 0 Å². The Kier molecular flexibility index (Phi) is 5.12. The zero-order valence-electron chi connectivity index (χ0n) is 15.9. The standard InChI is InChI=1S/C19H26F3N3O2S/c1-23-14-6-7-15(23)13-16(12-14)24-8-10-25(11-9-24)17-4-2-3-5-18(17)28(26,27)19(20,21)22/h2-5,14-16H,6-13H2,1H3/t14-,15+,16?. The molecule has 1 aromatic carbocycles. The molecule has 3 fully saturated rings. The zero-order chi connectivity index (χ0) is 20.1. The van der Waals surface area contributed by atoms with Crippen molar-refractivity contribution >= 4 is 15.5 Å². The topological polar surface area (TPSA) is 43.9 Å². The van der Waals surface area contributed by atoms with Gasteiger partial charge in [0.1, 0.15) is 0 Å². The molecule has 0 amide bonds. The zero-order valence-corrected chi connectivity index (χ0v) is 16.7. The Morgan fingerprint density at radius 1 is 0.929 bits per heavy atom. The first kappa shape index (κ1) is 20.0. The number of piperidine rings is 1. The Hall–Kier alpha value is -1.32. The van der Waals surface area contributed by atoms with E-state index in [1.54, 1.807) is 11.0 Å². The normalized spacial score (nSPS) is 30.0. The van der Waals surface area contributed by atoms with E-state index in [9.17, 15) is 21.6 Å². The number of halogens is 3. The molecule has 2 bridgehead atoms. The highest BCUT2D eigenvalue weighted by Crippen LogP contribution is 2.38. The average molecular weight is 417 g/mol. The largest absolute Gasteiger partial charge is 0.501 e. The predicted octanol–water partition coefficient (Wildman–Crippen LogP) is 2.73. The Bertz CT molecular complexity index is 808. The molecule has 0 spiro atoms. The first-order valence-electron chi connectivity index (χ1n) is 9.80. The minimum absolute atomic E-state index is 0.155. The van der Waals surface area contributed by atoms with Gasteiger partial charge in [-0.05, 0) is 44.9 Å². The van der Waals surface area contributed by atoms with E-state index in [1.165, 1.54) is 25.0 Å². The van der Waals surface area contributed by atoms with E-state index in [4.69, 9.17) is 0 Å². The second-order valence-electron chi connectivity index (χ2n) is 8.12. The summed E-state index contributed by atoms with van der Waals surface area (Å²) in [6.45, 7) is 2.56. The van der Waals surface area contributed by atoms with Crippen LogP contribution in [-0.4, -0.2) is 75.1 Å². The van der Waals surface area contributed by atoms with Crippen molar-refractivity contribution in [2.45, 2.75) is 54.2 Å². The predicted molar refractivity (Wildman–Crippen MR) is 101 cm³/mol. The fourth-order valence-corrected chi connectivity index (χ4v) is 6.06. The van der Waals surface area contributed by atoms with Crippen molar-refractivity contribution < 1.29 is 21.6 Å². The maximum atomic E-state index is 13.1. The summed E-state index contributed by atoms with van der Waals surface area (Å²) in [4.78, 5) is 6.06. The third-order valence-corrected chi connectivity index (χ3v) is 8.24. The van der Waals surface area contributed by atoms with Gasteiger partial charge in [-0.15, -0.1) is 0 Å². The van der Waals surface area contributed by atoms with Crippen LogP contribution in [0.25, 0.3) is 0 Å². The van der Waals surface area contributed by atoms with Crippen LogP contribution in [0, 0.1) is 0 Å².